The maximum atomic E-state index is 12.7. The van der Waals surface area contributed by atoms with Crippen LogP contribution in [0.15, 0.2) is 42.7 Å². The third-order valence-electron chi connectivity index (χ3n) is 4.53. The summed E-state index contributed by atoms with van der Waals surface area (Å²) in [6, 6.07) is 7.75. The lowest BCUT2D eigenvalue weighted by atomic mass is 9.97. The lowest BCUT2D eigenvalue weighted by Crippen LogP contribution is -2.47. The summed E-state index contributed by atoms with van der Waals surface area (Å²) >= 11 is 0. The lowest BCUT2D eigenvalue weighted by molar-refractivity contribution is -0.119. The van der Waals surface area contributed by atoms with Gasteiger partial charge in [0.1, 0.15) is 19.3 Å². The van der Waals surface area contributed by atoms with Gasteiger partial charge >= 0.3 is 0 Å². The first-order valence-electron chi connectivity index (χ1n) is 9.00. The highest BCUT2D eigenvalue weighted by atomic mass is 16.6. The summed E-state index contributed by atoms with van der Waals surface area (Å²) in [7, 11) is 0. The molecule has 2 aromatic rings. The first-order chi connectivity index (χ1) is 13.1. The average Bonchev–Trinajstić information content (AvgIpc) is 2.71. The molecule has 0 saturated heterocycles. The predicted octanol–water partition coefficient (Wildman–Crippen LogP) is 2.64. The second-order valence-electron chi connectivity index (χ2n) is 6.42. The molecule has 0 fully saturated rings. The SMILES string of the molecule is CCC(C)[C@H](NC(=O)c1ccc2c(c1)OCCO2)C(=O)Nc1ccncc1. The molecular formula is C20H23N3O4. The van der Waals surface area contributed by atoms with Crippen molar-refractivity contribution in [3.05, 3.63) is 48.3 Å². The number of fused-ring (bicyclic) bond motifs is 1. The molecule has 2 atom stereocenters. The van der Waals surface area contributed by atoms with Crippen molar-refractivity contribution in [3.63, 3.8) is 0 Å². The third-order valence-corrected chi connectivity index (χ3v) is 4.53. The number of carbonyl (C=O) groups is 2. The fraction of sp³-hybridized carbons (Fsp3) is 0.350. The Balaban J connectivity index is 1.74. The van der Waals surface area contributed by atoms with Crippen LogP contribution in [0.3, 0.4) is 0 Å². The van der Waals surface area contributed by atoms with E-state index < -0.39 is 6.04 Å². The zero-order valence-electron chi connectivity index (χ0n) is 15.4. The minimum absolute atomic E-state index is 0.0343. The van der Waals surface area contributed by atoms with Crippen LogP contribution in [0.4, 0.5) is 5.69 Å². The van der Waals surface area contributed by atoms with Crippen LogP contribution < -0.4 is 20.1 Å². The van der Waals surface area contributed by atoms with Gasteiger partial charge in [-0.05, 0) is 36.2 Å². The summed E-state index contributed by atoms with van der Waals surface area (Å²) in [6.07, 6.45) is 3.94. The average molecular weight is 369 g/mol. The van der Waals surface area contributed by atoms with Crippen molar-refractivity contribution in [1.29, 1.82) is 0 Å². The Morgan fingerprint density at radius 3 is 2.52 bits per heavy atom. The van der Waals surface area contributed by atoms with Crippen LogP contribution in [0.2, 0.25) is 0 Å². The molecule has 3 rings (SSSR count). The van der Waals surface area contributed by atoms with Gasteiger partial charge in [0.15, 0.2) is 11.5 Å². The smallest absolute Gasteiger partial charge is 0.252 e. The quantitative estimate of drug-likeness (QED) is 0.817. The third kappa shape index (κ3) is 4.55. The summed E-state index contributed by atoms with van der Waals surface area (Å²) in [5.74, 6) is 0.526. The molecule has 142 valence electrons. The maximum Gasteiger partial charge on any atom is 0.252 e. The molecule has 1 aromatic carbocycles. The number of ether oxygens (including phenoxy) is 2. The number of nitrogens with zero attached hydrogens (tertiary/aromatic N) is 1. The van der Waals surface area contributed by atoms with Gasteiger partial charge in [-0.25, -0.2) is 0 Å². The Morgan fingerprint density at radius 2 is 1.81 bits per heavy atom. The number of nitrogens with one attached hydrogen (secondary N) is 2. The molecule has 1 aliphatic rings. The van der Waals surface area contributed by atoms with Crippen molar-refractivity contribution in [2.75, 3.05) is 18.5 Å². The number of hydrogen-bond donors (Lipinski definition) is 2. The predicted molar refractivity (Wildman–Crippen MR) is 101 cm³/mol. The zero-order valence-corrected chi connectivity index (χ0v) is 15.4. The molecule has 0 saturated carbocycles. The molecule has 0 bridgehead atoms. The molecule has 2 heterocycles. The van der Waals surface area contributed by atoms with Gasteiger partial charge in [0.25, 0.3) is 5.91 Å². The van der Waals surface area contributed by atoms with Crippen molar-refractivity contribution in [2.45, 2.75) is 26.3 Å². The van der Waals surface area contributed by atoms with Gasteiger partial charge in [-0.3, -0.25) is 14.6 Å². The highest BCUT2D eigenvalue weighted by Gasteiger charge is 2.27. The van der Waals surface area contributed by atoms with Crippen molar-refractivity contribution < 1.29 is 19.1 Å². The van der Waals surface area contributed by atoms with E-state index in [-0.39, 0.29) is 17.7 Å². The number of rotatable bonds is 6. The van der Waals surface area contributed by atoms with Crippen LogP contribution in [0, 0.1) is 5.92 Å². The molecule has 0 spiro atoms. The fourth-order valence-electron chi connectivity index (χ4n) is 2.77. The number of benzene rings is 1. The molecule has 7 heteroatoms. The number of pyridine rings is 1. The molecule has 2 N–H and O–H groups in total. The first-order valence-corrected chi connectivity index (χ1v) is 9.00. The Bertz CT molecular complexity index is 810. The Kier molecular flexibility index (Phi) is 5.90. The minimum atomic E-state index is -0.663. The summed E-state index contributed by atoms with van der Waals surface area (Å²) in [6.45, 7) is 4.85. The van der Waals surface area contributed by atoms with E-state index in [0.717, 1.165) is 6.42 Å². The van der Waals surface area contributed by atoms with Crippen molar-refractivity contribution in [2.24, 2.45) is 5.92 Å². The highest BCUT2D eigenvalue weighted by Crippen LogP contribution is 2.30. The van der Waals surface area contributed by atoms with E-state index in [1.807, 2.05) is 13.8 Å². The molecule has 0 radical (unpaired) electrons. The van der Waals surface area contributed by atoms with Crippen LogP contribution in [0.1, 0.15) is 30.6 Å². The van der Waals surface area contributed by atoms with Gasteiger partial charge in [-0.2, -0.15) is 0 Å². The molecule has 2 amide bonds. The fourth-order valence-corrected chi connectivity index (χ4v) is 2.77. The molecule has 1 aromatic heterocycles. The zero-order chi connectivity index (χ0) is 19.2. The van der Waals surface area contributed by atoms with Crippen LogP contribution in [0.5, 0.6) is 11.5 Å². The molecule has 7 nitrogen and oxygen atoms in total. The Labute approximate surface area is 158 Å². The van der Waals surface area contributed by atoms with E-state index in [0.29, 0.717) is 36.0 Å². The van der Waals surface area contributed by atoms with Gasteiger partial charge in [0.2, 0.25) is 5.91 Å². The van der Waals surface area contributed by atoms with E-state index in [1.165, 1.54) is 0 Å². The number of amides is 2. The van der Waals surface area contributed by atoms with E-state index in [9.17, 15) is 9.59 Å². The first kappa shape index (κ1) is 18.7. The lowest BCUT2D eigenvalue weighted by Gasteiger charge is -2.24. The van der Waals surface area contributed by atoms with Gasteiger partial charge in [-0.15, -0.1) is 0 Å². The van der Waals surface area contributed by atoms with Gasteiger partial charge < -0.3 is 20.1 Å². The molecule has 1 aliphatic heterocycles. The van der Waals surface area contributed by atoms with E-state index in [1.54, 1.807) is 42.7 Å². The van der Waals surface area contributed by atoms with Crippen molar-refractivity contribution in [3.8, 4) is 11.5 Å². The van der Waals surface area contributed by atoms with Crippen molar-refractivity contribution >= 4 is 17.5 Å². The van der Waals surface area contributed by atoms with E-state index in [2.05, 4.69) is 15.6 Å². The minimum Gasteiger partial charge on any atom is -0.486 e. The summed E-state index contributed by atoms with van der Waals surface area (Å²) in [4.78, 5) is 29.4. The Hall–Kier alpha value is -3.09. The topological polar surface area (TPSA) is 89.5 Å². The van der Waals surface area contributed by atoms with Crippen molar-refractivity contribution in [1.82, 2.24) is 10.3 Å². The second-order valence-corrected chi connectivity index (χ2v) is 6.42. The highest BCUT2D eigenvalue weighted by molar-refractivity contribution is 6.01. The van der Waals surface area contributed by atoms with Gasteiger partial charge in [0.05, 0.1) is 0 Å². The number of carbonyl (C=O) groups excluding carboxylic acids is 2. The summed E-state index contributed by atoms with van der Waals surface area (Å²) in [5.41, 5.74) is 1.06. The largest absolute Gasteiger partial charge is 0.486 e. The normalized spacial score (nSPS) is 14.7. The molecular weight excluding hydrogens is 346 g/mol. The van der Waals surface area contributed by atoms with Crippen LogP contribution in [-0.2, 0) is 4.79 Å². The van der Waals surface area contributed by atoms with Gasteiger partial charge in [0, 0.05) is 23.6 Å². The van der Waals surface area contributed by atoms with Crippen LogP contribution in [0.25, 0.3) is 0 Å². The monoisotopic (exact) mass is 369 g/mol. The Morgan fingerprint density at radius 1 is 1.11 bits per heavy atom. The maximum absolute atomic E-state index is 12.7. The summed E-state index contributed by atoms with van der Waals surface area (Å²) < 4.78 is 11.0. The van der Waals surface area contributed by atoms with Gasteiger partial charge in [-0.1, -0.05) is 20.3 Å². The number of aromatic nitrogens is 1. The van der Waals surface area contributed by atoms with Crippen LogP contribution >= 0.6 is 0 Å². The molecule has 1 unspecified atom stereocenters. The van der Waals surface area contributed by atoms with E-state index in [4.69, 9.17) is 9.47 Å². The summed E-state index contributed by atoms with van der Waals surface area (Å²) in [5, 5.41) is 5.67. The number of hydrogen-bond acceptors (Lipinski definition) is 5. The number of anilines is 1. The molecule has 0 aliphatic carbocycles. The van der Waals surface area contributed by atoms with E-state index >= 15 is 0 Å². The molecule has 27 heavy (non-hydrogen) atoms. The second kappa shape index (κ2) is 8.53. The standard InChI is InChI=1S/C20H23N3O4/c1-3-13(2)18(20(25)22-15-6-8-21-9-7-15)23-19(24)14-4-5-16-17(12-14)27-11-10-26-16/h4-9,12-13,18H,3,10-11H2,1-2H3,(H,23,24)(H,21,22,25)/t13?,18-/m0/s1. The van der Waals surface area contributed by atoms with Crippen LogP contribution in [-0.4, -0.2) is 36.1 Å².